The molecule has 19 heavy (non-hydrogen) atoms. The maximum absolute atomic E-state index is 9.57. The number of aromatic nitrogens is 1. The van der Waals surface area contributed by atoms with Gasteiger partial charge >= 0.3 is 0 Å². The highest BCUT2D eigenvalue weighted by molar-refractivity contribution is 7.98. The van der Waals surface area contributed by atoms with E-state index in [0.717, 1.165) is 16.3 Å². The van der Waals surface area contributed by atoms with Crippen molar-refractivity contribution in [3.05, 3.63) is 58.8 Å². The van der Waals surface area contributed by atoms with Gasteiger partial charge in [-0.15, -0.1) is 11.8 Å². The predicted octanol–water partition coefficient (Wildman–Crippen LogP) is 4.04. The van der Waals surface area contributed by atoms with Crippen molar-refractivity contribution in [1.29, 1.82) is 0 Å². The van der Waals surface area contributed by atoms with Crippen LogP contribution >= 0.6 is 11.8 Å². The van der Waals surface area contributed by atoms with E-state index in [1.54, 1.807) is 24.9 Å². The van der Waals surface area contributed by atoms with Crippen LogP contribution in [0, 0.1) is 13.8 Å². The van der Waals surface area contributed by atoms with Crippen LogP contribution in [0.15, 0.2) is 41.6 Å². The first kappa shape index (κ1) is 14.1. The van der Waals surface area contributed by atoms with E-state index in [9.17, 15) is 5.11 Å². The molecule has 3 heteroatoms. The number of nitrogens with zero attached hydrogens (tertiary/aromatic N) is 1. The summed E-state index contributed by atoms with van der Waals surface area (Å²) in [4.78, 5) is 4.33. The van der Waals surface area contributed by atoms with Crippen molar-refractivity contribution in [2.75, 3.05) is 0 Å². The van der Waals surface area contributed by atoms with E-state index in [4.69, 9.17) is 0 Å². The molecule has 2 nitrogen and oxygen atoms in total. The number of benzene rings is 1. The van der Waals surface area contributed by atoms with E-state index < -0.39 is 6.10 Å². The molecular formula is C16H19NOS. The largest absolute Gasteiger partial charge is 0.389 e. The maximum atomic E-state index is 9.57. The Labute approximate surface area is 118 Å². The number of aryl methyl sites for hydroxylation is 2. The monoisotopic (exact) mass is 273 g/mol. The van der Waals surface area contributed by atoms with Crippen molar-refractivity contribution in [1.82, 2.24) is 4.98 Å². The fourth-order valence-electron chi connectivity index (χ4n) is 2.07. The average molecular weight is 273 g/mol. The summed E-state index contributed by atoms with van der Waals surface area (Å²) in [6.45, 7) is 6.01. The molecule has 0 unspecified atom stereocenters. The first-order chi connectivity index (χ1) is 9.04. The molecule has 1 heterocycles. The third kappa shape index (κ3) is 4.08. The van der Waals surface area contributed by atoms with Gasteiger partial charge in [0.25, 0.3) is 0 Å². The van der Waals surface area contributed by atoms with Gasteiger partial charge in [-0.25, -0.2) is 4.98 Å². The summed E-state index contributed by atoms with van der Waals surface area (Å²) in [6.07, 6.45) is 1.31. The summed E-state index contributed by atoms with van der Waals surface area (Å²) in [5, 5.41) is 10.5. The molecule has 0 fully saturated rings. The quantitative estimate of drug-likeness (QED) is 0.853. The molecule has 0 spiro atoms. The second-order valence-corrected chi connectivity index (χ2v) is 5.88. The lowest BCUT2D eigenvalue weighted by Gasteiger charge is -2.07. The molecule has 100 valence electrons. The van der Waals surface area contributed by atoms with Gasteiger partial charge in [0.2, 0.25) is 0 Å². The van der Waals surface area contributed by atoms with E-state index in [-0.39, 0.29) is 0 Å². The van der Waals surface area contributed by atoms with Gasteiger partial charge in [-0.3, -0.25) is 0 Å². The fraction of sp³-hybridized carbons (Fsp3) is 0.312. The van der Waals surface area contributed by atoms with E-state index in [2.05, 4.69) is 37.0 Å². The number of pyridine rings is 1. The molecule has 2 aromatic rings. The first-order valence-electron chi connectivity index (χ1n) is 6.38. The second-order valence-electron chi connectivity index (χ2n) is 4.89. The molecule has 0 saturated carbocycles. The van der Waals surface area contributed by atoms with Gasteiger partial charge in [0.1, 0.15) is 0 Å². The normalized spacial score (nSPS) is 12.4. The molecule has 1 aromatic heterocycles. The van der Waals surface area contributed by atoms with Gasteiger partial charge < -0.3 is 5.11 Å². The summed E-state index contributed by atoms with van der Waals surface area (Å²) < 4.78 is 0. The van der Waals surface area contributed by atoms with Gasteiger partial charge in [0, 0.05) is 11.9 Å². The summed E-state index contributed by atoms with van der Waals surface area (Å²) >= 11 is 1.70. The van der Waals surface area contributed by atoms with Gasteiger partial charge in [0.05, 0.1) is 11.1 Å². The summed E-state index contributed by atoms with van der Waals surface area (Å²) in [5.74, 6) is 0.902. The number of aliphatic hydroxyl groups is 1. The Morgan fingerprint density at radius 1 is 1.16 bits per heavy atom. The van der Waals surface area contributed by atoms with Crippen molar-refractivity contribution in [3.63, 3.8) is 0 Å². The van der Waals surface area contributed by atoms with Crippen molar-refractivity contribution in [3.8, 4) is 0 Å². The molecular weight excluding hydrogens is 254 g/mol. The standard InChI is InChI=1S/C16H19NOS/c1-11-6-12(2)8-14(7-11)10-19-16-9-15(13(3)18)4-5-17-16/h4-9,13,18H,10H2,1-3H3/t13-/m0/s1. The van der Waals surface area contributed by atoms with Crippen LogP contribution in [0.2, 0.25) is 0 Å². The van der Waals surface area contributed by atoms with Crippen LogP contribution in [0.5, 0.6) is 0 Å². The zero-order chi connectivity index (χ0) is 13.8. The lowest BCUT2D eigenvalue weighted by molar-refractivity contribution is 0.199. The molecule has 0 aliphatic rings. The van der Waals surface area contributed by atoms with Gasteiger partial charge in [0.15, 0.2) is 0 Å². The van der Waals surface area contributed by atoms with Crippen molar-refractivity contribution >= 4 is 11.8 Å². The number of aliphatic hydroxyl groups excluding tert-OH is 1. The van der Waals surface area contributed by atoms with Crippen LogP contribution in [0.1, 0.15) is 35.3 Å². The highest BCUT2D eigenvalue weighted by atomic mass is 32.2. The highest BCUT2D eigenvalue weighted by Crippen LogP contribution is 2.24. The van der Waals surface area contributed by atoms with Crippen LogP contribution < -0.4 is 0 Å². The van der Waals surface area contributed by atoms with Gasteiger partial charge in [-0.05, 0) is 44.0 Å². The lowest BCUT2D eigenvalue weighted by atomic mass is 10.1. The first-order valence-corrected chi connectivity index (χ1v) is 7.37. The Morgan fingerprint density at radius 2 is 1.84 bits per heavy atom. The molecule has 0 aliphatic carbocycles. The highest BCUT2D eigenvalue weighted by Gasteiger charge is 2.04. The maximum Gasteiger partial charge on any atom is 0.0966 e. The van der Waals surface area contributed by atoms with E-state index in [1.807, 2.05) is 12.1 Å². The van der Waals surface area contributed by atoms with Crippen molar-refractivity contribution in [2.24, 2.45) is 0 Å². The number of hydrogen-bond donors (Lipinski definition) is 1. The minimum Gasteiger partial charge on any atom is -0.389 e. The molecule has 2 rings (SSSR count). The van der Waals surface area contributed by atoms with Gasteiger partial charge in [-0.1, -0.05) is 29.3 Å². The third-order valence-corrected chi connectivity index (χ3v) is 3.91. The van der Waals surface area contributed by atoms with Crippen LogP contribution in [-0.4, -0.2) is 10.1 Å². The zero-order valence-electron chi connectivity index (χ0n) is 11.6. The minimum absolute atomic E-state index is 0.441. The van der Waals surface area contributed by atoms with E-state index in [1.165, 1.54) is 16.7 Å². The fourth-order valence-corrected chi connectivity index (χ4v) is 2.91. The Balaban J connectivity index is 2.07. The minimum atomic E-state index is -0.441. The third-order valence-electron chi connectivity index (χ3n) is 2.91. The average Bonchev–Trinajstić information content (AvgIpc) is 2.35. The lowest BCUT2D eigenvalue weighted by Crippen LogP contribution is -1.92. The number of rotatable bonds is 4. The van der Waals surface area contributed by atoms with Crippen LogP contribution in [0.4, 0.5) is 0 Å². The molecule has 0 saturated heterocycles. The Morgan fingerprint density at radius 3 is 2.47 bits per heavy atom. The summed E-state index contributed by atoms with van der Waals surface area (Å²) in [7, 11) is 0. The van der Waals surface area contributed by atoms with Gasteiger partial charge in [-0.2, -0.15) is 0 Å². The van der Waals surface area contributed by atoms with Crippen LogP contribution in [0.3, 0.4) is 0 Å². The predicted molar refractivity (Wildman–Crippen MR) is 80.3 cm³/mol. The summed E-state index contributed by atoms with van der Waals surface area (Å²) in [6, 6.07) is 10.4. The van der Waals surface area contributed by atoms with Crippen LogP contribution in [-0.2, 0) is 5.75 Å². The Kier molecular flexibility index (Phi) is 4.61. The SMILES string of the molecule is Cc1cc(C)cc(CSc2cc([C@H](C)O)ccn2)c1. The molecule has 0 bridgehead atoms. The number of thioether (sulfide) groups is 1. The van der Waals surface area contributed by atoms with E-state index >= 15 is 0 Å². The number of hydrogen-bond acceptors (Lipinski definition) is 3. The van der Waals surface area contributed by atoms with E-state index in [0.29, 0.717) is 0 Å². The Bertz CT molecular complexity index is 546. The molecule has 0 radical (unpaired) electrons. The topological polar surface area (TPSA) is 33.1 Å². The van der Waals surface area contributed by atoms with Crippen molar-refractivity contribution in [2.45, 2.75) is 37.7 Å². The molecule has 1 N–H and O–H groups in total. The zero-order valence-corrected chi connectivity index (χ0v) is 12.4. The molecule has 0 aliphatic heterocycles. The summed E-state index contributed by atoms with van der Waals surface area (Å²) in [5.41, 5.74) is 4.81. The molecule has 1 aromatic carbocycles. The molecule has 1 atom stereocenters. The van der Waals surface area contributed by atoms with Crippen LogP contribution in [0.25, 0.3) is 0 Å². The molecule has 0 amide bonds. The second kappa shape index (κ2) is 6.22. The smallest absolute Gasteiger partial charge is 0.0966 e. The van der Waals surface area contributed by atoms with Crippen molar-refractivity contribution < 1.29 is 5.11 Å². The Hall–Kier alpha value is -1.32.